The average molecular weight is 223 g/mol. The first kappa shape index (κ1) is 11.6. The van der Waals surface area contributed by atoms with Gasteiger partial charge in [0.25, 0.3) is 0 Å². The van der Waals surface area contributed by atoms with Crippen molar-refractivity contribution in [3.8, 4) is 0 Å². The van der Waals surface area contributed by atoms with Crippen LogP contribution in [0.25, 0.3) is 0 Å². The molecule has 0 spiro atoms. The number of aromatic nitrogens is 2. The third kappa shape index (κ3) is 1.76. The Bertz CT molecular complexity index is 382. The van der Waals surface area contributed by atoms with Gasteiger partial charge in [-0.2, -0.15) is 0 Å². The number of aliphatic hydroxyl groups is 1. The molecule has 90 valence electrons. The Balaban J connectivity index is 2.50. The number of rotatable bonds is 3. The fraction of sp³-hybridized carbons (Fsp3) is 0.750. The molecule has 4 nitrogen and oxygen atoms in total. The van der Waals surface area contributed by atoms with Crippen LogP contribution in [0.2, 0.25) is 0 Å². The van der Waals surface area contributed by atoms with E-state index in [4.69, 9.17) is 5.73 Å². The van der Waals surface area contributed by atoms with Crippen molar-refractivity contribution in [3.63, 3.8) is 0 Å². The SMILES string of the molecule is CC(C)(CN)c1nc(CO)c2n1CCCC2. The van der Waals surface area contributed by atoms with Crippen LogP contribution in [-0.4, -0.2) is 21.2 Å². The maximum atomic E-state index is 9.34. The molecule has 0 radical (unpaired) electrons. The lowest BCUT2D eigenvalue weighted by atomic mass is 9.92. The summed E-state index contributed by atoms with van der Waals surface area (Å²) in [7, 11) is 0. The second-order valence-corrected chi connectivity index (χ2v) is 5.18. The molecule has 3 N–H and O–H groups in total. The number of imidazole rings is 1. The zero-order chi connectivity index (χ0) is 11.8. The van der Waals surface area contributed by atoms with E-state index in [2.05, 4.69) is 23.4 Å². The predicted octanol–water partition coefficient (Wildman–Crippen LogP) is 0.948. The molecule has 0 unspecified atom stereocenters. The second-order valence-electron chi connectivity index (χ2n) is 5.18. The molecule has 0 bridgehead atoms. The van der Waals surface area contributed by atoms with Crippen LogP contribution in [0, 0.1) is 0 Å². The van der Waals surface area contributed by atoms with Crippen molar-refractivity contribution in [1.29, 1.82) is 0 Å². The van der Waals surface area contributed by atoms with Crippen LogP contribution in [0.4, 0.5) is 0 Å². The normalized spacial score (nSPS) is 16.2. The Kier molecular flexibility index (Phi) is 3.04. The molecule has 0 aliphatic carbocycles. The summed E-state index contributed by atoms with van der Waals surface area (Å²) in [6.45, 7) is 5.85. The zero-order valence-electron chi connectivity index (χ0n) is 10.2. The van der Waals surface area contributed by atoms with E-state index < -0.39 is 0 Å². The highest BCUT2D eigenvalue weighted by atomic mass is 16.3. The van der Waals surface area contributed by atoms with Crippen molar-refractivity contribution < 1.29 is 5.11 Å². The van der Waals surface area contributed by atoms with Crippen LogP contribution in [0.15, 0.2) is 0 Å². The largest absolute Gasteiger partial charge is 0.390 e. The van der Waals surface area contributed by atoms with Crippen molar-refractivity contribution in [2.45, 2.75) is 51.7 Å². The molecule has 2 heterocycles. The smallest absolute Gasteiger partial charge is 0.116 e. The van der Waals surface area contributed by atoms with Crippen molar-refractivity contribution in [3.05, 3.63) is 17.2 Å². The number of hydrogen-bond donors (Lipinski definition) is 2. The summed E-state index contributed by atoms with van der Waals surface area (Å²) in [5.41, 5.74) is 7.75. The molecule has 0 saturated heterocycles. The maximum absolute atomic E-state index is 9.34. The number of fused-ring (bicyclic) bond motifs is 1. The Morgan fingerprint density at radius 3 is 2.81 bits per heavy atom. The number of hydrogen-bond acceptors (Lipinski definition) is 3. The molecule has 0 fully saturated rings. The Labute approximate surface area is 96.5 Å². The number of nitrogens with two attached hydrogens (primary N) is 1. The van der Waals surface area contributed by atoms with Gasteiger partial charge in [0.1, 0.15) is 5.82 Å². The van der Waals surface area contributed by atoms with Gasteiger partial charge in [0.2, 0.25) is 0 Å². The molecule has 0 aromatic carbocycles. The summed E-state index contributed by atoms with van der Waals surface area (Å²) in [6, 6.07) is 0. The van der Waals surface area contributed by atoms with E-state index in [1.807, 2.05) is 0 Å². The highest BCUT2D eigenvalue weighted by Crippen LogP contribution is 2.28. The zero-order valence-corrected chi connectivity index (χ0v) is 10.2. The minimum atomic E-state index is -0.112. The molecule has 1 aromatic heterocycles. The molecule has 1 aliphatic heterocycles. The van der Waals surface area contributed by atoms with Gasteiger partial charge < -0.3 is 15.4 Å². The van der Waals surface area contributed by atoms with Gasteiger partial charge in [0.05, 0.1) is 12.3 Å². The summed E-state index contributed by atoms with van der Waals surface area (Å²) < 4.78 is 2.27. The standard InChI is InChI=1S/C12H21N3O/c1-12(2,8-13)11-14-9(7-16)10-5-3-4-6-15(10)11/h16H,3-8,13H2,1-2H3. The summed E-state index contributed by atoms with van der Waals surface area (Å²) in [4.78, 5) is 4.59. The van der Waals surface area contributed by atoms with E-state index in [1.165, 1.54) is 18.5 Å². The van der Waals surface area contributed by atoms with Gasteiger partial charge in [-0.1, -0.05) is 13.8 Å². The summed E-state index contributed by atoms with van der Waals surface area (Å²) >= 11 is 0. The minimum Gasteiger partial charge on any atom is -0.390 e. The fourth-order valence-corrected chi connectivity index (χ4v) is 2.35. The van der Waals surface area contributed by atoms with Crippen molar-refractivity contribution in [2.75, 3.05) is 6.54 Å². The van der Waals surface area contributed by atoms with Gasteiger partial charge in [-0.15, -0.1) is 0 Å². The van der Waals surface area contributed by atoms with Crippen molar-refractivity contribution in [1.82, 2.24) is 9.55 Å². The van der Waals surface area contributed by atoms with E-state index in [0.717, 1.165) is 24.5 Å². The van der Waals surface area contributed by atoms with Gasteiger partial charge in [-0.05, 0) is 19.3 Å². The Morgan fingerprint density at radius 2 is 2.19 bits per heavy atom. The highest BCUT2D eigenvalue weighted by Gasteiger charge is 2.29. The summed E-state index contributed by atoms with van der Waals surface area (Å²) in [5.74, 6) is 1.04. The van der Waals surface area contributed by atoms with E-state index in [-0.39, 0.29) is 12.0 Å². The van der Waals surface area contributed by atoms with E-state index in [0.29, 0.717) is 6.54 Å². The van der Waals surface area contributed by atoms with E-state index in [1.54, 1.807) is 0 Å². The summed E-state index contributed by atoms with van der Waals surface area (Å²) in [6.07, 6.45) is 3.42. The predicted molar refractivity (Wildman–Crippen MR) is 63.2 cm³/mol. The quantitative estimate of drug-likeness (QED) is 0.802. The van der Waals surface area contributed by atoms with E-state index in [9.17, 15) is 5.11 Å². The molecule has 0 atom stereocenters. The first-order valence-electron chi connectivity index (χ1n) is 6.00. The third-order valence-electron chi connectivity index (χ3n) is 3.47. The number of aliphatic hydroxyl groups excluding tert-OH is 1. The molecule has 1 aromatic rings. The molecule has 2 rings (SSSR count). The van der Waals surface area contributed by atoms with Crippen molar-refractivity contribution >= 4 is 0 Å². The molecular formula is C12H21N3O. The molecule has 0 saturated carbocycles. The maximum Gasteiger partial charge on any atom is 0.116 e. The van der Waals surface area contributed by atoms with E-state index >= 15 is 0 Å². The minimum absolute atomic E-state index is 0.0377. The monoisotopic (exact) mass is 223 g/mol. The molecule has 4 heteroatoms. The fourth-order valence-electron chi connectivity index (χ4n) is 2.35. The highest BCUT2D eigenvalue weighted by molar-refractivity contribution is 5.23. The van der Waals surface area contributed by atoms with Crippen LogP contribution in [0.5, 0.6) is 0 Å². The Hall–Kier alpha value is -0.870. The van der Waals surface area contributed by atoms with Gasteiger partial charge in [-0.25, -0.2) is 4.98 Å². The Morgan fingerprint density at radius 1 is 1.44 bits per heavy atom. The lowest BCUT2D eigenvalue weighted by Crippen LogP contribution is -2.32. The first-order valence-corrected chi connectivity index (χ1v) is 6.00. The van der Waals surface area contributed by atoms with Crippen LogP contribution >= 0.6 is 0 Å². The average Bonchev–Trinajstić information content (AvgIpc) is 2.68. The van der Waals surface area contributed by atoms with Crippen LogP contribution in [0.1, 0.15) is 43.9 Å². The van der Waals surface area contributed by atoms with Gasteiger partial charge in [0, 0.05) is 24.2 Å². The molecular weight excluding hydrogens is 202 g/mol. The number of nitrogens with zero attached hydrogens (tertiary/aromatic N) is 2. The topological polar surface area (TPSA) is 64.1 Å². The molecule has 1 aliphatic rings. The lowest BCUT2D eigenvalue weighted by molar-refractivity contribution is 0.275. The van der Waals surface area contributed by atoms with Crippen LogP contribution < -0.4 is 5.73 Å². The first-order chi connectivity index (χ1) is 7.60. The summed E-state index contributed by atoms with van der Waals surface area (Å²) in [5, 5.41) is 9.34. The van der Waals surface area contributed by atoms with Gasteiger partial charge in [0.15, 0.2) is 0 Å². The molecule has 16 heavy (non-hydrogen) atoms. The second kappa shape index (κ2) is 4.18. The van der Waals surface area contributed by atoms with Crippen LogP contribution in [-0.2, 0) is 25.0 Å². The van der Waals surface area contributed by atoms with Gasteiger partial charge >= 0.3 is 0 Å². The van der Waals surface area contributed by atoms with Gasteiger partial charge in [-0.3, -0.25) is 0 Å². The lowest BCUT2D eigenvalue weighted by Gasteiger charge is -2.25. The third-order valence-corrected chi connectivity index (χ3v) is 3.47. The molecule has 0 amide bonds. The van der Waals surface area contributed by atoms with Crippen LogP contribution in [0.3, 0.4) is 0 Å². The van der Waals surface area contributed by atoms with Crippen molar-refractivity contribution in [2.24, 2.45) is 5.73 Å².